The Labute approximate surface area is 114 Å². The van der Waals surface area contributed by atoms with Gasteiger partial charge in [0.25, 0.3) is 0 Å². The first-order valence-electron chi connectivity index (χ1n) is 6.08. The predicted octanol–water partition coefficient (Wildman–Crippen LogP) is 4.42. The van der Waals surface area contributed by atoms with Crippen molar-refractivity contribution in [2.45, 2.75) is 32.1 Å². The van der Waals surface area contributed by atoms with Gasteiger partial charge in [0.15, 0.2) is 0 Å². The van der Waals surface area contributed by atoms with Crippen LogP contribution in [0.15, 0.2) is 34.3 Å². The summed E-state index contributed by atoms with van der Waals surface area (Å²) in [6.45, 7) is 0. The van der Waals surface area contributed by atoms with E-state index in [0.29, 0.717) is 16.6 Å². The summed E-state index contributed by atoms with van der Waals surface area (Å²) in [7, 11) is 0. The fraction of sp³-hybridized carbons (Fsp3) is 0.357. The quantitative estimate of drug-likeness (QED) is 0.823. The predicted molar refractivity (Wildman–Crippen MR) is 73.9 cm³/mol. The summed E-state index contributed by atoms with van der Waals surface area (Å²) in [5.41, 5.74) is 1.67. The molecule has 0 aromatic heterocycles. The standard InChI is InChI=1S/C14H15BrFNO/c15-12-7-6-11(16)9-13(12)17-14(18)8-10-4-2-1-3-5-10/h4,6-7,9H,1-3,5,8H2,(H,17,18). The number of allylic oxidation sites excluding steroid dienone is 1. The number of carbonyl (C=O) groups excluding carboxylic acids is 1. The van der Waals surface area contributed by atoms with Crippen molar-refractivity contribution in [1.29, 1.82) is 0 Å². The third-order valence-electron chi connectivity index (χ3n) is 2.98. The van der Waals surface area contributed by atoms with Gasteiger partial charge in [-0.25, -0.2) is 4.39 Å². The summed E-state index contributed by atoms with van der Waals surface area (Å²) < 4.78 is 13.8. The van der Waals surface area contributed by atoms with E-state index in [-0.39, 0.29) is 11.7 Å². The van der Waals surface area contributed by atoms with Crippen LogP contribution in [0, 0.1) is 5.82 Å². The third-order valence-corrected chi connectivity index (χ3v) is 3.67. The van der Waals surface area contributed by atoms with Crippen molar-refractivity contribution < 1.29 is 9.18 Å². The molecular formula is C14H15BrFNO. The highest BCUT2D eigenvalue weighted by Crippen LogP contribution is 2.25. The average Bonchev–Trinajstić information content (AvgIpc) is 2.35. The smallest absolute Gasteiger partial charge is 0.228 e. The van der Waals surface area contributed by atoms with Crippen molar-refractivity contribution in [3.8, 4) is 0 Å². The maximum Gasteiger partial charge on any atom is 0.228 e. The van der Waals surface area contributed by atoms with Crippen LogP contribution in [0.3, 0.4) is 0 Å². The third kappa shape index (κ3) is 3.67. The second-order valence-corrected chi connectivity index (χ2v) is 5.31. The van der Waals surface area contributed by atoms with Crippen LogP contribution in [0.1, 0.15) is 32.1 Å². The Morgan fingerprint density at radius 1 is 1.39 bits per heavy atom. The number of amides is 1. The molecule has 1 aliphatic rings. The van der Waals surface area contributed by atoms with Crippen LogP contribution >= 0.6 is 15.9 Å². The van der Waals surface area contributed by atoms with Gasteiger partial charge in [0, 0.05) is 10.9 Å². The second-order valence-electron chi connectivity index (χ2n) is 4.46. The van der Waals surface area contributed by atoms with Gasteiger partial charge in [0.2, 0.25) is 5.91 Å². The van der Waals surface area contributed by atoms with Gasteiger partial charge in [-0.3, -0.25) is 4.79 Å². The Morgan fingerprint density at radius 3 is 2.94 bits per heavy atom. The highest BCUT2D eigenvalue weighted by atomic mass is 79.9. The molecule has 0 radical (unpaired) electrons. The number of anilines is 1. The lowest BCUT2D eigenvalue weighted by Crippen LogP contribution is -2.13. The van der Waals surface area contributed by atoms with Gasteiger partial charge in [-0.1, -0.05) is 11.6 Å². The van der Waals surface area contributed by atoms with E-state index in [1.54, 1.807) is 6.07 Å². The van der Waals surface area contributed by atoms with E-state index in [1.807, 2.05) is 0 Å². The van der Waals surface area contributed by atoms with E-state index in [9.17, 15) is 9.18 Å². The normalized spacial score (nSPS) is 15.1. The van der Waals surface area contributed by atoms with E-state index >= 15 is 0 Å². The SMILES string of the molecule is O=C(CC1=CCCCC1)Nc1cc(F)ccc1Br. The lowest BCUT2D eigenvalue weighted by Gasteiger charge is -2.13. The Hall–Kier alpha value is -1.16. The molecule has 0 saturated carbocycles. The Balaban J connectivity index is 1.98. The molecule has 18 heavy (non-hydrogen) atoms. The highest BCUT2D eigenvalue weighted by molar-refractivity contribution is 9.10. The Morgan fingerprint density at radius 2 is 2.22 bits per heavy atom. The number of nitrogens with one attached hydrogen (secondary N) is 1. The van der Waals surface area contributed by atoms with Crippen LogP contribution in [0.5, 0.6) is 0 Å². The number of carbonyl (C=O) groups is 1. The first-order valence-corrected chi connectivity index (χ1v) is 6.87. The second kappa shape index (κ2) is 6.14. The molecule has 0 bridgehead atoms. The van der Waals surface area contributed by atoms with Crippen molar-refractivity contribution in [3.05, 3.63) is 40.1 Å². The molecule has 2 rings (SSSR count). The van der Waals surface area contributed by atoms with Crippen LogP contribution in [0.25, 0.3) is 0 Å². The molecule has 0 aliphatic heterocycles. The van der Waals surface area contributed by atoms with E-state index < -0.39 is 0 Å². The molecule has 0 unspecified atom stereocenters. The molecule has 1 aromatic rings. The number of hydrogen-bond donors (Lipinski definition) is 1. The van der Waals surface area contributed by atoms with Gasteiger partial charge in [-0.15, -0.1) is 0 Å². The van der Waals surface area contributed by atoms with E-state index in [0.717, 1.165) is 19.3 Å². The average molecular weight is 312 g/mol. The highest BCUT2D eigenvalue weighted by Gasteiger charge is 2.11. The van der Waals surface area contributed by atoms with E-state index in [4.69, 9.17) is 0 Å². The lowest BCUT2D eigenvalue weighted by atomic mass is 9.97. The summed E-state index contributed by atoms with van der Waals surface area (Å²) in [6, 6.07) is 4.26. The van der Waals surface area contributed by atoms with Crippen LogP contribution in [0.4, 0.5) is 10.1 Å². The summed E-state index contributed by atoms with van der Waals surface area (Å²) in [4.78, 5) is 11.8. The molecule has 1 aliphatic carbocycles. The van der Waals surface area contributed by atoms with Crippen LogP contribution in [-0.4, -0.2) is 5.91 Å². The minimum atomic E-state index is -0.356. The van der Waals surface area contributed by atoms with Gasteiger partial charge >= 0.3 is 0 Å². The number of halogens is 2. The molecule has 0 fully saturated rings. The Bertz CT molecular complexity index is 485. The van der Waals surface area contributed by atoms with E-state index in [2.05, 4.69) is 27.3 Å². The monoisotopic (exact) mass is 311 g/mol. The molecule has 0 spiro atoms. The summed E-state index contributed by atoms with van der Waals surface area (Å²) >= 11 is 3.29. The van der Waals surface area contributed by atoms with Gasteiger partial charge < -0.3 is 5.32 Å². The topological polar surface area (TPSA) is 29.1 Å². The molecule has 1 amide bonds. The van der Waals surface area contributed by atoms with Gasteiger partial charge in [0.05, 0.1) is 5.69 Å². The van der Waals surface area contributed by atoms with Crippen molar-refractivity contribution in [3.63, 3.8) is 0 Å². The minimum absolute atomic E-state index is 0.0885. The molecule has 0 heterocycles. The summed E-state index contributed by atoms with van der Waals surface area (Å²) in [5.74, 6) is -0.445. The maximum atomic E-state index is 13.1. The number of rotatable bonds is 3. The zero-order valence-corrected chi connectivity index (χ0v) is 11.6. The van der Waals surface area contributed by atoms with Crippen LogP contribution in [-0.2, 0) is 4.79 Å². The maximum absolute atomic E-state index is 13.1. The molecule has 96 valence electrons. The van der Waals surface area contributed by atoms with Crippen molar-refractivity contribution in [1.82, 2.24) is 0 Å². The molecular weight excluding hydrogens is 297 g/mol. The zero-order valence-electron chi connectivity index (χ0n) is 10.0. The zero-order chi connectivity index (χ0) is 13.0. The number of benzene rings is 1. The summed E-state index contributed by atoms with van der Waals surface area (Å²) in [6.07, 6.45) is 6.97. The fourth-order valence-electron chi connectivity index (χ4n) is 2.06. The molecule has 0 saturated heterocycles. The largest absolute Gasteiger partial charge is 0.325 e. The molecule has 2 nitrogen and oxygen atoms in total. The minimum Gasteiger partial charge on any atom is -0.325 e. The first-order chi connectivity index (χ1) is 8.65. The Kier molecular flexibility index (Phi) is 4.53. The molecule has 1 N–H and O–H groups in total. The first kappa shape index (κ1) is 13.3. The van der Waals surface area contributed by atoms with Crippen LogP contribution in [0.2, 0.25) is 0 Å². The summed E-state index contributed by atoms with van der Waals surface area (Å²) in [5, 5.41) is 2.73. The molecule has 4 heteroatoms. The van der Waals surface area contributed by atoms with Gasteiger partial charge in [-0.2, -0.15) is 0 Å². The van der Waals surface area contributed by atoms with Crippen molar-refractivity contribution in [2.75, 3.05) is 5.32 Å². The fourth-order valence-corrected chi connectivity index (χ4v) is 2.40. The molecule has 1 aromatic carbocycles. The lowest BCUT2D eigenvalue weighted by molar-refractivity contribution is -0.115. The number of hydrogen-bond acceptors (Lipinski definition) is 1. The van der Waals surface area contributed by atoms with E-state index in [1.165, 1.54) is 24.1 Å². The van der Waals surface area contributed by atoms with Gasteiger partial charge in [-0.05, 0) is 59.8 Å². The van der Waals surface area contributed by atoms with Crippen molar-refractivity contribution in [2.24, 2.45) is 0 Å². The molecule has 0 atom stereocenters. The van der Waals surface area contributed by atoms with Gasteiger partial charge in [0.1, 0.15) is 5.82 Å². The van der Waals surface area contributed by atoms with Crippen molar-refractivity contribution >= 4 is 27.5 Å². The van der Waals surface area contributed by atoms with Crippen LogP contribution < -0.4 is 5.32 Å².